The van der Waals surface area contributed by atoms with Crippen LogP contribution in [-0.4, -0.2) is 46.5 Å². The highest BCUT2D eigenvalue weighted by Gasteiger charge is 2.27. The molecule has 1 aliphatic rings. The predicted octanol–water partition coefficient (Wildman–Crippen LogP) is 2.46. The van der Waals surface area contributed by atoms with E-state index in [9.17, 15) is 14.0 Å². The summed E-state index contributed by atoms with van der Waals surface area (Å²) in [5.74, 6) is -0.458. The maximum atomic E-state index is 13.0. The number of H-pyrrole nitrogens is 1. The number of likely N-dealkylation sites (tertiary alicyclic amines) is 1. The highest BCUT2D eigenvalue weighted by atomic mass is 19.1. The van der Waals surface area contributed by atoms with Crippen LogP contribution in [0.3, 0.4) is 0 Å². The Morgan fingerprint density at radius 2 is 1.96 bits per heavy atom. The number of benzene rings is 1. The summed E-state index contributed by atoms with van der Waals surface area (Å²) in [5, 5.41) is 9.90. The molecule has 0 atom stereocenters. The first-order valence-corrected chi connectivity index (χ1v) is 9.36. The standard InChI is InChI=1S/C20H25FN4O2/c1-14-17(13-23-24-14)3-2-10-22-19(26)15-8-11-25(12-9-15)20(27)16-4-6-18(21)7-5-16/h4-7,13,15H,2-3,8-12H2,1H3,(H,22,26)(H,23,24). The zero-order valence-corrected chi connectivity index (χ0v) is 15.5. The van der Waals surface area contributed by atoms with Crippen molar-refractivity contribution in [3.05, 3.63) is 53.1 Å². The minimum Gasteiger partial charge on any atom is -0.356 e. The van der Waals surface area contributed by atoms with Crippen molar-refractivity contribution in [2.45, 2.75) is 32.6 Å². The predicted molar refractivity (Wildman–Crippen MR) is 99.7 cm³/mol. The second kappa shape index (κ2) is 8.79. The van der Waals surface area contributed by atoms with Crippen LogP contribution >= 0.6 is 0 Å². The number of carbonyl (C=O) groups is 2. The average molecular weight is 372 g/mol. The van der Waals surface area contributed by atoms with Gasteiger partial charge >= 0.3 is 0 Å². The lowest BCUT2D eigenvalue weighted by Crippen LogP contribution is -2.43. The van der Waals surface area contributed by atoms with Gasteiger partial charge in [-0.2, -0.15) is 5.10 Å². The van der Waals surface area contributed by atoms with Crippen molar-refractivity contribution in [2.75, 3.05) is 19.6 Å². The zero-order valence-electron chi connectivity index (χ0n) is 15.5. The van der Waals surface area contributed by atoms with E-state index in [0.717, 1.165) is 18.5 Å². The number of piperidine rings is 1. The highest BCUT2D eigenvalue weighted by molar-refractivity contribution is 5.94. The molecule has 0 radical (unpaired) electrons. The van der Waals surface area contributed by atoms with E-state index in [-0.39, 0.29) is 23.5 Å². The fourth-order valence-corrected chi connectivity index (χ4v) is 3.38. The van der Waals surface area contributed by atoms with Crippen molar-refractivity contribution in [3.63, 3.8) is 0 Å². The lowest BCUT2D eigenvalue weighted by Gasteiger charge is -2.31. The molecule has 0 unspecified atom stereocenters. The van der Waals surface area contributed by atoms with Gasteiger partial charge in [-0.05, 0) is 62.4 Å². The first-order valence-electron chi connectivity index (χ1n) is 9.36. The Balaban J connectivity index is 1.39. The number of nitrogens with one attached hydrogen (secondary N) is 2. The first-order chi connectivity index (χ1) is 13.0. The van der Waals surface area contributed by atoms with Crippen molar-refractivity contribution in [2.24, 2.45) is 5.92 Å². The van der Waals surface area contributed by atoms with Crippen LogP contribution in [0.5, 0.6) is 0 Å². The quantitative estimate of drug-likeness (QED) is 0.765. The molecule has 0 bridgehead atoms. The number of nitrogens with zero attached hydrogens (tertiary/aromatic N) is 2. The highest BCUT2D eigenvalue weighted by Crippen LogP contribution is 2.19. The lowest BCUT2D eigenvalue weighted by molar-refractivity contribution is -0.126. The Hall–Kier alpha value is -2.70. The Morgan fingerprint density at radius 1 is 1.26 bits per heavy atom. The van der Waals surface area contributed by atoms with Gasteiger partial charge in [-0.1, -0.05) is 0 Å². The van der Waals surface area contributed by atoms with Gasteiger partial charge in [0, 0.05) is 36.8 Å². The third-order valence-electron chi connectivity index (χ3n) is 5.10. The van der Waals surface area contributed by atoms with Crippen molar-refractivity contribution in [1.82, 2.24) is 20.4 Å². The molecule has 1 fully saturated rings. The molecule has 2 amide bonds. The van der Waals surface area contributed by atoms with Gasteiger partial charge in [0.05, 0.1) is 6.20 Å². The van der Waals surface area contributed by atoms with Crippen LogP contribution in [0.25, 0.3) is 0 Å². The van der Waals surface area contributed by atoms with Gasteiger partial charge in [-0.25, -0.2) is 4.39 Å². The smallest absolute Gasteiger partial charge is 0.253 e. The third kappa shape index (κ3) is 4.93. The molecule has 0 spiro atoms. The molecule has 1 aliphatic heterocycles. The number of halogens is 1. The Labute approximate surface area is 158 Å². The molecule has 144 valence electrons. The van der Waals surface area contributed by atoms with Crippen molar-refractivity contribution < 1.29 is 14.0 Å². The van der Waals surface area contributed by atoms with E-state index in [1.165, 1.54) is 29.8 Å². The van der Waals surface area contributed by atoms with Crippen molar-refractivity contribution >= 4 is 11.8 Å². The summed E-state index contributed by atoms with van der Waals surface area (Å²) in [6.45, 7) is 3.71. The topological polar surface area (TPSA) is 78.1 Å². The molecular weight excluding hydrogens is 347 g/mol. The van der Waals surface area contributed by atoms with Crippen LogP contribution in [0.4, 0.5) is 4.39 Å². The van der Waals surface area contributed by atoms with Gasteiger partial charge in [0.25, 0.3) is 5.91 Å². The van der Waals surface area contributed by atoms with Crippen LogP contribution in [-0.2, 0) is 11.2 Å². The summed E-state index contributed by atoms with van der Waals surface area (Å²) in [7, 11) is 0. The van der Waals surface area contributed by atoms with Crippen molar-refractivity contribution in [1.29, 1.82) is 0 Å². The number of carbonyl (C=O) groups excluding carboxylic acids is 2. The normalized spacial score (nSPS) is 15.0. The van der Waals surface area contributed by atoms with E-state index >= 15 is 0 Å². The number of rotatable bonds is 6. The minimum absolute atomic E-state index is 0.0575. The lowest BCUT2D eigenvalue weighted by atomic mass is 9.95. The number of aryl methyl sites for hydroxylation is 2. The fourth-order valence-electron chi connectivity index (χ4n) is 3.38. The summed E-state index contributed by atoms with van der Waals surface area (Å²) in [6, 6.07) is 5.58. The number of aromatic amines is 1. The molecule has 2 heterocycles. The monoisotopic (exact) mass is 372 g/mol. The van der Waals surface area contributed by atoms with E-state index in [0.29, 0.717) is 38.0 Å². The van der Waals surface area contributed by atoms with E-state index in [2.05, 4.69) is 15.5 Å². The Bertz CT molecular complexity index is 780. The SMILES string of the molecule is Cc1[nH]ncc1CCCNC(=O)C1CCN(C(=O)c2ccc(F)cc2)CC1. The van der Waals surface area contributed by atoms with Crippen LogP contribution in [0, 0.1) is 18.7 Å². The van der Waals surface area contributed by atoms with E-state index in [1.807, 2.05) is 13.1 Å². The number of hydrogen-bond donors (Lipinski definition) is 2. The first kappa shape index (κ1) is 19.1. The van der Waals surface area contributed by atoms with Gasteiger partial charge < -0.3 is 10.2 Å². The molecule has 2 aromatic rings. The van der Waals surface area contributed by atoms with E-state index in [1.54, 1.807) is 4.90 Å². The minimum atomic E-state index is -0.357. The number of amides is 2. The zero-order chi connectivity index (χ0) is 19.2. The van der Waals surface area contributed by atoms with Crippen LogP contribution in [0.1, 0.15) is 40.9 Å². The van der Waals surface area contributed by atoms with Crippen LogP contribution < -0.4 is 5.32 Å². The average Bonchev–Trinajstić information content (AvgIpc) is 3.10. The molecule has 27 heavy (non-hydrogen) atoms. The van der Waals surface area contributed by atoms with E-state index < -0.39 is 0 Å². The molecule has 0 aliphatic carbocycles. The summed E-state index contributed by atoms with van der Waals surface area (Å²) < 4.78 is 13.0. The van der Waals surface area contributed by atoms with Crippen LogP contribution in [0.2, 0.25) is 0 Å². The van der Waals surface area contributed by atoms with Gasteiger partial charge in [0.2, 0.25) is 5.91 Å². The molecule has 1 saturated heterocycles. The Morgan fingerprint density at radius 3 is 2.59 bits per heavy atom. The number of aromatic nitrogens is 2. The van der Waals surface area contributed by atoms with Gasteiger partial charge in [-0.15, -0.1) is 0 Å². The second-order valence-corrected chi connectivity index (χ2v) is 6.99. The molecule has 0 saturated carbocycles. The van der Waals surface area contributed by atoms with E-state index in [4.69, 9.17) is 0 Å². The van der Waals surface area contributed by atoms with Crippen LogP contribution in [0.15, 0.2) is 30.5 Å². The molecule has 3 rings (SSSR count). The molecule has 2 N–H and O–H groups in total. The Kier molecular flexibility index (Phi) is 6.21. The maximum absolute atomic E-state index is 13.0. The summed E-state index contributed by atoms with van der Waals surface area (Å²) in [4.78, 5) is 26.5. The summed E-state index contributed by atoms with van der Waals surface area (Å²) >= 11 is 0. The number of hydrogen-bond acceptors (Lipinski definition) is 3. The summed E-state index contributed by atoms with van der Waals surface area (Å²) in [6.07, 6.45) is 4.88. The molecule has 1 aromatic carbocycles. The van der Waals surface area contributed by atoms with Crippen molar-refractivity contribution in [3.8, 4) is 0 Å². The molecular formula is C20H25FN4O2. The molecule has 6 nitrogen and oxygen atoms in total. The molecule has 1 aromatic heterocycles. The third-order valence-corrected chi connectivity index (χ3v) is 5.10. The van der Waals surface area contributed by atoms with Gasteiger partial charge in [0.1, 0.15) is 5.82 Å². The summed E-state index contributed by atoms with van der Waals surface area (Å²) in [5.41, 5.74) is 2.73. The maximum Gasteiger partial charge on any atom is 0.253 e. The largest absolute Gasteiger partial charge is 0.356 e. The molecule has 7 heteroatoms. The van der Waals surface area contributed by atoms with Gasteiger partial charge in [0.15, 0.2) is 0 Å². The fraction of sp³-hybridized carbons (Fsp3) is 0.450. The second-order valence-electron chi connectivity index (χ2n) is 6.99. The van der Waals surface area contributed by atoms with Gasteiger partial charge in [-0.3, -0.25) is 14.7 Å².